The number of nitro benzene ring substituents is 1. The van der Waals surface area contributed by atoms with E-state index >= 15 is 0 Å². The van der Waals surface area contributed by atoms with Crippen molar-refractivity contribution in [2.75, 3.05) is 6.61 Å². The fourth-order valence-electron chi connectivity index (χ4n) is 3.11. The molecule has 0 fully saturated rings. The van der Waals surface area contributed by atoms with Gasteiger partial charge in [0.2, 0.25) is 11.7 Å². The van der Waals surface area contributed by atoms with Gasteiger partial charge in [0.1, 0.15) is 17.4 Å². The molecule has 9 nitrogen and oxygen atoms in total. The number of pyridine rings is 1. The maximum Gasteiger partial charge on any atom is 0.271 e. The molecule has 162 valence electrons. The first-order valence-electron chi connectivity index (χ1n) is 9.25. The summed E-state index contributed by atoms with van der Waals surface area (Å²) in [6, 6.07) is 13.6. The molecule has 3 rings (SSSR count). The van der Waals surface area contributed by atoms with E-state index in [1.165, 1.54) is 31.2 Å². The highest BCUT2D eigenvalue weighted by Crippen LogP contribution is 2.25. The van der Waals surface area contributed by atoms with Gasteiger partial charge in [0.15, 0.2) is 6.61 Å². The van der Waals surface area contributed by atoms with Crippen LogP contribution in [0.15, 0.2) is 53.3 Å². The minimum Gasteiger partial charge on any atom is -0.494 e. The molecule has 0 aliphatic rings. The van der Waals surface area contributed by atoms with Crippen LogP contribution in [0.25, 0.3) is 0 Å². The number of benzene rings is 2. The molecule has 0 unspecified atom stereocenters. The molecular formula is C22H16ClN3O6. The van der Waals surface area contributed by atoms with E-state index in [1.54, 1.807) is 30.3 Å². The van der Waals surface area contributed by atoms with Crippen LogP contribution in [0.5, 0.6) is 11.6 Å². The second-order valence-electron chi connectivity index (χ2n) is 6.76. The van der Waals surface area contributed by atoms with E-state index in [-0.39, 0.29) is 34.7 Å². The van der Waals surface area contributed by atoms with Crippen LogP contribution in [-0.4, -0.2) is 27.0 Å². The molecule has 3 aromatic rings. The van der Waals surface area contributed by atoms with E-state index in [4.69, 9.17) is 16.3 Å². The highest BCUT2D eigenvalue weighted by Gasteiger charge is 2.24. The maximum absolute atomic E-state index is 12.8. The van der Waals surface area contributed by atoms with Gasteiger partial charge in [0.25, 0.3) is 11.2 Å². The molecule has 2 aromatic carbocycles. The number of nitrogens with zero attached hydrogens (tertiary/aromatic N) is 3. The summed E-state index contributed by atoms with van der Waals surface area (Å²) in [6.45, 7) is 0.711. The van der Waals surface area contributed by atoms with Gasteiger partial charge in [-0.25, -0.2) is 0 Å². The van der Waals surface area contributed by atoms with Crippen LogP contribution in [0.2, 0.25) is 5.02 Å². The topological polar surface area (TPSA) is 135 Å². The number of hydrogen-bond acceptors (Lipinski definition) is 7. The van der Waals surface area contributed by atoms with Crippen molar-refractivity contribution in [3.63, 3.8) is 0 Å². The second-order valence-corrected chi connectivity index (χ2v) is 7.16. The molecule has 0 amide bonds. The Morgan fingerprint density at radius 2 is 1.91 bits per heavy atom. The highest BCUT2D eigenvalue weighted by molar-refractivity contribution is 6.31. The van der Waals surface area contributed by atoms with Crippen LogP contribution < -0.4 is 10.3 Å². The van der Waals surface area contributed by atoms with Gasteiger partial charge in [-0.1, -0.05) is 29.8 Å². The van der Waals surface area contributed by atoms with Crippen molar-refractivity contribution in [1.29, 1.82) is 5.26 Å². The minimum absolute atomic E-state index is 0.0303. The number of ketones is 1. The Kier molecular flexibility index (Phi) is 6.56. The molecule has 0 spiro atoms. The lowest BCUT2D eigenvalue weighted by Crippen LogP contribution is -2.28. The molecular weight excluding hydrogens is 438 g/mol. The van der Waals surface area contributed by atoms with E-state index < -0.39 is 28.8 Å². The number of rotatable bonds is 7. The summed E-state index contributed by atoms with van der Waals surface area (Å²) >= 11 is 6.14. The summed E-state index contributed by atoms with van der Waals surface area (Å²) in [4.78, 5) is 35.7. The lowest BCUT2D eigenvalue weighted by atomic mass is 10.0. The average molecular weight is 454 g/mol. The smallest absolute Gasteiger partial charge is 0.271 e. The van der Waals surface area contributed by atoms with E-state index in [9.17, 15) is 30.1 Å². The number of hydrogen-bond donors (Lipinski definition) is 1. The summed E-state index contributed by atoms with van der Waals surface area (Å²) in [5.74, 6) is -1.09. The minimum atomic E-state index is -0.754. The largest absolute Gasteiger partial charge is 0.494 e. The molecule has 1 aromatic heterocycles. The molecule has 1 N–H and O–H groups in total. The summed E-state index contributed by atoms with van der Waals surface area (Å²) in [6.07, 6.45) is 0. The Hall–Kier alpha value is -4.16. The molecule has 0 saturated carbocycles. The van der Waals surface area contributed by atoms with Crippen LogP contribution in [-0.2, 0) is 6.54 Å². The van der Waals surface area contributed by atoms with Crippen LogP contribution in [0.3, 0.4) is 0 Å². The van der Waals surface area contributed by atoms with Crippen molar-refractivity contribution in [3.8, 4) is 17.7 Å². The van der Waals surface area contributed by atoms with Gasteiger partial charge in [0, 0.05) is 17.2 Å². The standard InChI is InChI=1S/C22H16ClN3O6/c1-13-17(10-24)21(28)25(11-14-4-2-3-5-18(14)23)22(29)20(13)19(27)12-32-16-8-6-15(7-9-16)26(30)31/h2-9,29H,11-12H2,1H3. The predicted molar refractivity (Wildman–Crippen MR) is 115 cm³/mol. The van der Waals surface area contributed by atoms with Gasteiger partial charge in [-0.15, -0.1) is 0 Å². The molecule has 10 heteroatoms. The molecule has 1 heterocycles. The normalized spacial score (nSPS) is 10.4. The Balaban J connectivity index is 1.95. The summed E-state index contributed by atoms with van der Waals surface area (Å²) in [7, 11) is 0. The van der Waals surface area contributed by atoms with Crippen molar-refractivity contribution in [2.24, 2.45) is 0 Å². The lowest BCUT2D eigenvalue weighted by molar-refractivity contribution is -0.384. The zero-order chi connectivity index (χ0) is 23.4. The van der Waals surface area contributed by atoms with Crippen molar-refractivity contribution < 1.29 is 19.6 Å². The zero-order valence-corrected chi connectivity index (χ0v) is 17.5. The first-order valence-corrected chi connectivity index (χ1v) is 9.62. The monoisotopic (exact) mass is 453 g/mol. The molecule has 0 radical (unpaired) electrons. The number of aromatic hydroxyl groups is 1. The van der Waals surface area contributed by atoms with Gasteiger partial charge in [-0.3, -0.25) is 24.3 Å². The summed E-state index contributed by atoms with van der Waals surface area (Å²) in [5, 5.41) is 31.3. The Morgan fingerprint density at radius 1 is 1.25 bits per heavy atom. The number of nitro groups is 1. The highest BCUT2D eigenvalue weighted by atomic mass is 35.5. The van der Waals surface area contributed by atoms with Crippen LogP contribution in [0.1, 0.15) is 27.0 Å². The number of carbonyl (C=O) groups excluding carboxylic acids is 1. The third kappa shape index (κ3) is 4.45. The van der Waals surface area contributed by atoms with Crippen molar-refractivity contribution in [1.82, 2.24) is 4.57 Å². The van der Waals surface area contributed by atoms with Crippen LogP contribution in [0, 0.1) is 28.4 Å². The third-order valence-corrected chi connectivity index (χ3v) is 5.15. The number of non-ortho nitro benzene ring substituents is 1. The van der Waals surface area contributed by atoms with Gasteiger partial charge in [-0.2, -0.15) is 5.26 Å². The number of halogens is 1. The first kappa shape index (κ1) is 22.5. The SMILES string of the molecule is Cc1c(C(=O)COc2ccc([N+](=O)[O-])cc2)c(O)n(Cc2ccccc2Cl)c(=O)c1C#N. The van der Waals surface area contributed by atoms with E-state index in [2.05, 4.69) is 0 Å². The lowest BCUT2D eigenvalue weighted by Gasteiger charge is -2.16. The fourth-order valence-corrected chi connectivity index (χ4v) is 3.31. The Labute approximate surface area is 186 Å². The van der Waals surface area contributed by atoms with E-state index in [0.29, 0.717) is 10.6 Å². The van der Waals surface area contributed by atoms with Gasteiger partial charge < -0.3 is 9.84 Å². The molecule has 32 heavy (non-hydrogen) atoms. The number of ether oxygens (including phenoxy) is 1. The van der Waals surface area contributed by atoms with Gasteiger partial charge in [-0.05, 0) is 36.2 Å². The molecule has 0 aliphatic heterocycles. The quantitative estimate of drug-likeness (QED) is 0.328. The number of carbonyl (C=O) groups is 1. The van der Waals surface area contributed by atoms with Gasteiger partial charge >= 0.3 is 0 Å². The molecule has 0 bridgehead atoms. The molecule has 0 saturated heterocycles. The third-order valence-electron chi connectivity index (χ3n) is 4.78. The van der Waals surface area contributed by atoms with Crippen molar-refractivity contribution in [3.05, 3.63) is 96.3 Å². The number of Topliss-reactive ketones (excluding diaryl/α,β-unsaturated/α-hetero) is 1. The van der Waals surface area contributed by atoms with E-state index in [0.717, 1.165) is 4.57 Å². The molecule has 0 aliphatic carbocycles. The fraction of sp³-hybridized carbons (Fsp3) is 0.136. The Morgan fingerprint density at radius 3 is 2.50 bits per heavy atom. The Bertz CT molecular complexity index is 1310. The van der Waals surface area contributed by atoms with Gasteiger partial charge in [0.05, 0.1) is 17.0 Å². The number of aromatic nitrogens is 1. The predicted octanol–water partition coefficient (Wildman–Crippen LogP) is 3.61. The van der Waals surface area contributed by atoms with E-state index in [1.807, 2.05) is 0 Å². The first-order chi connectivity index (χ1) is 15.2. The van der Waals surface area contributed by atoms with Crippen molar-refractivity contribution >= 4 is 23.1 Å². The van der Waals surface area contributed by atoms with Crippen LogP contribution in [0.4, 0.5) is 5.69 Å². The molecule has 0 atom stereocenters. The van der Waals surface area contributed by atoms with Crippen LogP contribution >= 0.6 is 11.6 Å². The zero-order valence-electron chi connectivity index (χ0n) is 16.7. The average Bonchev–Trinajstić information content (AvgIpc) is 2.77. The maximum atomic E-state index is 12.8. The van der Waals surface area contributed by atoms with Crippen molar-refractivity contribution in [2.45, 2.75) is 13.5 Å². The summed E-state index contributed by atoms with van der Waals surface area (Å²) in [5.41, 5.74) is -0.857. The second kappa shape index (κ2) is 9.32. The number of nitriles is 1. The summed E-state index contributed by atoms with van der Waals surface area (Å²) < 4.78 is 6.28.